The molecular formula is C12H16O3. The Balaban J connectivity index is 2.38. The predicted octanol–water partition coefficient (Wildman–Crippen LogP) is 2.01. The normalized spacial score (nSPS) is 30.5. The van der Waals surface area contributed by atoms with Gasteiger partial charge in [-0.3, -0.25) is 9.59 Å². The van der Waals surface area contributed by atoms with Crippen LogP contribution in [0.2, 0.25) is 0 Å². The van der Waals surface area contributed by atoms with Gasteiger partial charge in [-0.15, -0.1) is 0 Å². The molecule has 0 radical (unpaired) electrons. The van der Waals surface area contributed by atoms with E-state index in [4.69, 9.17) is 4.74 Å². The summed E-state index contributed by atoms with van der Waals surface area (Å²) in [6, 6.07) is 0. The zero-order valence-electron chi connectivity index (χ0n) is 9.04. The maximum atomic E-state index is 11.9. The molecule has 0 heterocycles. The number of Topliss-reactive ketones (excluding diaryl/α,β-unsaturated/α-hetero) is 1. The third kappa shape index (κ3) is 1.41. The second kappa shape index (κ2) is 3.80. The molecule has 3 heteroatoms. The Morgan fingerprint density at radius 2 is 2.20 bits per heavy atom. The Morgan fingerprint density at radius 3 is 2.67 bits per heavy atom. The number of hydrogen-bond acceptors (Lipinski definition) is 3. The molecule has 1 fully saturated rings. The highest BCUT2D eigenvalue weighted by Gasteiger charge is 2.52. The first-order chi connectivity index (χ1) is 7.21. The summed E-state index contributed by atoms with van der Waals surface area (Å²) in [5, 5.41) is 0. The van der Waals surface area contributed by atoms with Crippen LogP contribution >= 0.6 is 0 Å². The fourth-order valence-electron chi connectivity index (χ4n) is 2.79. The number of rotatable bonds is 2. The van der Waals surface area contributed by atoms with Crippen LogP contribution in [0.1, 0.15) is 38.5 Å². The minimum Gasteiger partial charge on any atom is -0.468 e. The zero-order chi connectivity index (χ0) is 10.9. The van der Waals surface area contributed by atoms with Gasteiger partial charge in [-0.1, -0.05) is 6.08 Å². The van der Waals surface area contributed by atoms with Gasteiger partial charge in [0.2, 0.25) is 0 Å². The van der Waals surface area contributed by atoms with Crippen LogP contribution < -0.4 is 0 Å². The van der Waals surface area contributed by atoms with Gasteiger partial charge in [-0.2, -0.15) is 0 Å². The summed E-state index contributed by atoms with van der Waals surface area (Å²) in [5.41, 5.74) is 0.113. The van der Waals surface area contributed by atoms with Gasteiger partial charge in [0.25, 0.3) is 0 Å². The van der Waals surface area contributed by atoms with E-state index in [-0.39, 0.29) is 11.8 Å². The fraction of sp³-hybridized carbons (Fsp3) is 0.667. The van der Waals surface area contributed by atoms with Crippen LogP contribution in [0, 0.1) is 5.41 Å². The Kier molecular flexibility index (Phi) is 2.63. The van der Waals surface area contributed by atoms with Gasteiger partial charge in [0, 0.05) is 6.42 Å². The van der Waals surface area contributed by atoms with Crippen LogP contribution in [0.5, 0.6) is 0 Å². The lowest BCUT2D eigenvalue weighted by atomic mass is 9.77. The van der Waals surface area contributed by atoms with Crippen LogP contribution in [-0.2, 0) is 14.3 Å². The van der Waals surface area contributed by atoms with Gasteiger partial charge < -0.3 is 4.74 Å². The third-order valence-electron chi connectivity index (χ3n) is 3.55. The van der Waals surface area contributed by atoms with E-state index in [1.807, 2.05) is 0 Å². The molecule has 0 bridgehead atoms. The molecule has 0 spiro atoms. The van der Waals surface area contributed by atoms with Gasteiger partial charge >= 0.3 is 5.97 Å². The van der Waals surface area contributed by atoms with Gasteiger partial charge in [0.1, 0.15) is 5.41 Å². The number of carbonyl (C=O) groups is 2. The quantitative estimate of drug-likeness (QED) is 0.396. The third-order valence-corrected chi connectivity index (χ3v) is 3.55. The summed E-state index contributed by atoms with van der Waals surface area (Å²) in [6.45, 7) is 0. The van der Waals surface area contributed by atoms with E-state index in [0.717, 1.165) is 31.3 Å². The highest BCUT2D eigenvalue weighted by Crippen LogP contribution is 2.46. The van der Waals surface area contributed by atoms with E-state index >= 15 is 0 Å². The number of carbonyl (C=O) groups excluding carboxylic acids is 2. The van der Waals surface area contributed by atoms with E-state index in [1.165, 1.54) is 7.11 Å². The largest absolute Gasteiger partial charge is 0.468 e. The summed E-state index contributed by atoms with van der Waals surface area (Å²) >= 11 is 0. The van der Waals surface area contributed by atoms with Crippen LogP contribution in [0.4, 0.5) is 0 Å². The molecule has 0 unspecified atom stereocenters. The lowest BCUT2D eigenvalue weighted by Gasteiger charge is -2.25. The van der Waals surface area contributed by atoms with Crippen LogP contribution in [0.25, 0.3) is 0 Å². The van der Waals surface area contributed by atoms with Crippen LogP contribution in [0.15, 0.2) is 11.6 Å². The summed E-state index contributed by atoms with van der Waals surface area (Å²) in [4.78, 5) is 23.8. The number of ether oxygens (including phenoxy) is 1. The van der Waals surface area contributed by atoms with Gasteiger partial charge in [-0.05, 0) is 37.7 Å². The van der Waals surface area contributed by atoms with Crippen molar-refractivity contribution < 1.29 is 14.3 Å². The van der Waals surface area contributed by atoms with E-state index in [9.17, 15) is 9.59 Å². The standard InChI is InChI=1S/C12H16O3/c1-15-11(14)12(8-4-7-10(12)13)9-5-2-3-6-9/h5H,2-4,6-8H2,1H3/t12-/m0/s1. The van der Waals surface area contributed by atoms with E-state index in [1.54, 1.807) is 0 Å². The number of esters is 1. The maximum Gasteiger partial charge on any atom is 0.323 e. The Bertz CT molecular complexity index is 330. The van der Waals surface area contributed by atoms with Crippen molar-refractivity contribution in [1.82, 2.24) is 0 Å². The molecule has 3 nitrogen and oxygen atoms in total. The molecule has 2 rings (SSSR count). The van der Waals surface area contributed by atoms with Gasteiger partial charge in [0.05, 0.1) is 7.11 Å². The molecule has 0 amide bonds. The number of ketones is 1. The molecule has 2 aliphatic rings. The number of methoxy groups -OCH3 is 1. The molecule has 0 aliphatic heterocycles. The molecule has 82 valence electrons. The Labute approximate surface area is 89.5 Å². The first kappa shape index (κ1) is 10.4. The van der Waals surface area contributed by atoms with Crippen molar-refractivity contribution in [3.63, 3.8) is 0 Å². The van der Waals surface area contributed by atoms with Crippen molar-refractivity contribution in [3.05, 3.63) is 11.6 Å². The summed E-state index contributed by atoms with van der Waals surface area (Å²) in [6.07, 6.45) is 6.95. The predicted molar refractivity (Wildman–Crippen MR) is 55.2 cm³/mol. The minimum absolute atomic E-state index is 0.0579. The van der Waals surface area contributed by atoms with Gasteiger partial charge in [-0.25, -0.2) is 0 Å². The molecule has 2 aliphatic carbocycles. The first-order valence-corrected chi connectivity index (χ1v) is 5.53. The number of allylic oxidation sites excluding steroid dienone is 1. The van der Waals surface area contributed by atoms with Gasteiger partial charge in [0.15, 0.2) is 5.78 Å². The van der Waals surface area contributed by atoms with Crippen molar-refractivity contribution in [3.8, 4) is 0 Å². The highest BCUT2D eigenvalue weighted by molar-refractivity contribution is 6.08. The lowest BCUT2D eigenvalue weighted by Crippen LogP contribution is -2.37. The molecule has 0 aromatic heterocycles. The zero-order valence-corrected chi connectivity index (χ0v) is 9.04. The van der Waals surface area contributed by atoms with Crippen LogP contribution in [0.3, 0.4) is 0 Å². The van der Waals surface area contributed by atoms with Crippen molar-refractivity contribution in [2.75, 3.05) is 7.11 Å². The summed E-state index contributed by atoms with van der Waals surface area (Å²) in [7, 11) is 1.37. The van der Waals surface area contributed by atoms with Crippen molar-refractivity contribution in [2.45, 2.75) is 38.5 Å². The molecule has 0 N–H and O–H groups in total. The first-order valence-electron chi connectivity index (χ1n) is 5.53. The average Bonchev–Trinajstić information content (AvgIpc) is 2.86. The fourth-order valence-corrected chi connectivity index (χ4v) is 2.79. The molecular weight excluding hydrogens is 192 g/mol. The van der Waals surface area contributed by atoms with E-state index < -0.39 is 5.41 Å². The average molecular weight is 208 g/mol. The van der Waals surface area contributed by atoms with Crippen LogP contribution in [-0.4, -0.2) is 18.9 Å². The SMILES string of the molecule is COC(=O)[C@]1(C2=CCCC2)CCCC1=O. The summed E-state index contributed by atoms with van der Waals surface area (Å²) < 4.78 is 4.82. The monoisotopic (exact) mass is 208 g/mol. The topological polar surface area (TPSA) is 43.4 Å². The number of hydrogen-bond donors (Lipinski definition) is 0. The van der Waals surface area contributed by atoms with Crippen molar-refractivity contribution >= 4 is 11.8 Å². The van der Waals surface area contributed by atoms with E-state index in [0.29, 0.717) is 12.8 Å². The molecule has 0 aromatic rings. The second-order valence-corrected chi connectivity index (χ2v) is 4.30. The van der Waals surface area contributed by atoms with Crippen molar-refractivity contribution in [1.29, 1.82) is 0 Å². The second-order valence-electron chi connectivity index (χ2n) is 4.30. The maximum absolute atomic E-state index is 11.9. The Morgan fingerprint density at radius 1 is 1.40 bits per heavy atom. The van der Waals surface area contributed by atoms with E-state index in [2.05, 4.69) is 6.08 Å². The molecule has 1 atom stereocenters. The van der Waals surface area contributed by atoms with Crippen molar-refractivity contribution in [2.24, 2.45) is 5.41 Å². The lowest BCUT2D eigenvalue weighted by molar-refractivity contribution is -0.153. The minimum atomic E-state index is -0.898. The molecule has 1 saturated carbocycles. The highest BCUT2D eigenvalue weighted by atomic mass is 16.5. The summed E-state index contributed by atoms with van der Waals surface area (Å²) in [5.74, 6) is -0.291. The molecule has 0 saturated heterocycles. The molecule has 15 heavy (non-hydrogen) atoms. The Hall–Kier alpha value is -1.12. The smallest absolute Gasteiger partial charge is 0.323 e. The molecule has 0 aromatic carbocycles.